The highest BCUT2D eigenvalue weighted by Gasteiger charge is 2.23. The van der Waals surface area contributed by atoms with Crippen molar-refractivity contribution < 1.29 is 4.79 Å². The predicted octanol–water partition coefficient (Wildman–Crippen LogP) is 3.19. The molecule has 0 saturated carbocycles. The number of rotatable bonds is 3. The quantitative estimate of drug-likeness (QED) is 0.536. The number of hydrogen-bond donors (Lipinski definition) is 1. The van der Waals surface area contributed by atoms with Gasteiger partial charge in [-0.05, 0) is 31.2 Å². The minimum Gasteiger partial charge on any atom is -0.367 e. The molecule has 1 aliphatic rings. The number of carbonyl (C=O) groups excluding carboxylic acids is 1. The van der Waals surface area contributed by atoms with Crippen molar-refractivity contribution in [2.75, 3.05) is 31.1 Å². The van der Waals surface area contributed by atoms with E-state index in [0.29, 0.717) is 42.2 Å². The molecule has 7 nitrogen and oxygen atoms in total. The Bertz CT molecular complexity index is 1350. The number of piperazine rings is 1. The SMILES string of the molecule is Cc1ccc2[nH]c3c(=O)n(CC(=O)N4CCN(c5ccccc5Cl)CC4)cnc3c2c1. The maximum Gasteiger partial charge on any atom is 0.278 e. The zero-order valence-corrected chi connectivity index (χ0v) is 17.9. The van der Waals surface area contributed by atoms with Crippen LogP contribution in [-0.4, -0.2) is 51.5 Å². The number of benzene rings is 2. The molecule has 1 amide bonds. The summed E-state index contributed by atoms with van der Waals surface area (Å²) in [5.74, 6) is -0.0889. The van der Waals surface area contributed by atoms with Gasteiger partial charge in [-0.2, -0.15) is 0 Å². The van der Waals surface area contributed by atoms with Crippen LogP contribution < -0.4 is 10.5 Å². The average Bonchev–Trinajstić information content (AvgIpc) is 3.15. The number of para-hydroxylation sites is 1. The molecule has 5 rings (SSSR count). The Labute approximate surface area is 183 Å². The highest BCUT2D eigenvalue weighted by atomic mass is 35.5. The molecule has 158 valence electrons. The fourth-order valence-corrected chi connectivity index (χ4v) is 4.42. The van der Waals surface area contributed by atoms with Gasteiger partial charge in [0.25, 0.3) is 5.56 Å². The molecule has 1 aliphatic heterocycles. The summed E-state index contributed by atoms with van der Waals surface area (Å²) in [7, 11) is 0. The van der Waals surface area contributed by atoms with Crippen LogP contribution in [0.25, 0.3) is 21.9 Å². The number of hydrogen-bond acceptors (Lipinski definition) is 4. The summed E-state index contributed by atoms with van der Waals surface area (Å²) < 4.78 is 1.38. The molecule has 1 N–H and O–H groups in total. The summed E-state index contributed by atoms with van der Waals surface area (Å²) in [5, 5.41) is 1.63. The van der Waals surface area contributed by atoms with E-state index < -0.39 is 0 Å². The van der Waals surface area contributed by atoms with E-state index in [-0.39, 0.29) is 18.0 Å². The highest BCUT2D eigenvalue weighted by molar-refractivity contribution is 6.33. The number of aromatic amines is 1. The van der Waals surface area contributed by atoms with Crippen LogP contribution in [0.4, 0.5) is 5.69 Å². The summed E-state index contributed by atoms with van der Waals surface area (Å²) in [6.07, 6.45) is 1.47. The fourth-order valence-electron chi connectivity index (χ4n) is 4.17. The first kappa shape index (κ1) is 19.6. The number of carbonyl (C=O) groups is 1. The van der Waals surface area contributed by atoms with Gasteiger partial charge in [0.05, 0.1) is 17.0 Å². The highest BCUT2D eigenvalue weighted by Crippen LogP contribution is 2.26. The van der Waals surface area contributed by atoms with Crippen molar-refractivity contribution in [1.29, 1.82) is 0 Å². The van der Waals surface area contributed by atoms with E-state index in [9.17, 15) is 9.59 Å². The van der Waals surface area contributed by atoms with E-state index in [0.717, 1.165) is 22.2 Å². The maximum absolute atomic E-state index is 13.0. The zero-order chi connectivity index (χ0) is 21.5. The number of aromatic nitrogens is 3. The van der Waals surface area contributed by atoms with Crippen LogP contribution in [0.3, 0.4) is 0 Å². The topological polar surface area (TPSA) is 74.2 Å². The van der Waals surface area contributed by atoms with Crippen LogP contribution in [-0.2, 0) is 11.3 Å². The van der Waals surface area contributed by atoms with Crippen molar-refractivity contribution in [3.05, 3.63) is 69.7 Å². The van der Waals surface area contributed by atoms with Crippen LogP contribution in [0.15, 0.2) is 53.6 Å². The number of aryl methyl sites for hydroxylation is 1. The van der Waals surface area contributed by atoms with E-state index in [2.05, 4.69) is 14.9 Å². The summed E-state index contributed by atoms with van der Waals surface area (Å²) in [5.41, 5.74) is 3.79. The number of H-pyrrole nitrogens is 1. The van der Waals surface area contributed by atoms with Crippen molar-refractivity contribution in [1.82, 2.24) is 19.4 Å². The average molecular weight is 436 g/mol. The molecule has 0 bridgehead atoms. The second kappa shape index (κ2) is 7.74. The van der Waals surface area contributed by atoms with Gasteiger partial charge in [-0.1, -0.05) is 35.4 Å². The molecule has 2 aromatic heterocycles. The first-order valence-electron chi connectivity index (χ1n) is 10.3. The van der Waals surface area contributed by atoms with Crippen LogP contribution in [0.5, 0.6) is 0 Å². The minimum atomic E-state index is -0.234. The second-order valence-corrected chi connectivity index (χ2v) is 8.30. The molecular weight excluding hydrogens is 414 g/mol. The molecule has 1 fully saturated rings. The number of amides is 1. The van der Waals surface area contributed by atoms with Gasteiger partial charge in [0.15, 0.2) is 0 Å². The van der Waals surface area contributed by atoms with Gasteiger partial charge in [0, 0.05) is 37.1 Å². The lowest BCUT2D eigenvalue weighted by molar-refractivity contribution is -0.132. The Morgan fingerprint density at radius 1 is 1.13 bits per heavy atom. The van der Waals surface area contributed by atoms with Crippen molar-refractivity contribution in [3.8, 4) is 0 Å². The third kappa shape index (κ3) is 3.55. The lowest BCUT2D eigenvalue weighted by Crippen LogP contribution is -2.50. The monoisotopic (exact) mass is 435 g/mol. The Balaban J connectivity index is 1.33. The first-order chi connectivity index (χ1) is 15.0. The number of anilines is 1. The number of fused-ring (bicyclic) bond motifs is 3. The van der Waals surface area contributed by atoms with Crippen molar-refractivity contribution in [3.63, 3.8) is 0 Å². The molecule has 0 atom stereocenters. The second-order valence-electron chi connectivity index (χ2n) is 7.89. The smallest absolute Gasteiger partial charge is 0.278 e. The van der Waals surface area contributed by atoms with Crippen LogP contribution in [0, 0.1) is 6.92 Å². The van der Waals surface area contributed by atoms with Gasteiger partial charge in [-0.25, -0.2) is 4.98 Å². The zero-order valence-electron chi connectivity index (χ0n) is 17.1. The minimum absolute atomic E-state index is 0.0255. The predicted molar refractivity (Wildman–Crippen MR) is 123 cm³/mol. The van der Waals surface area contributed by atoms with Gasteiger partial charge < -0.3 is 14.8 Å². The Morgan fingerprint density at radius 3 is 2.68 bits per heavy atom. The fraction of sp³-hybridized carbons (Fsp3) is 0.261. The Kier molecular flexibility index (Phi) is 4.90. The van der Waals surface area contributed by atoms with Crippen LogP contribution in [0.1, 0.15) is 5.56 Å². The molecule has 31 heavy (non-hydrogen) atoms. The number of nitrogens with zero attached hydrogens (tertiary/aromatic N) is 4. The molecule has 8 heteroatoms. The molecule has 0 aliphatic carbocycles. The molecular formula is C23H22ClN5O2. The summed E-state index contributed by atoms with van der Waals surface area (Å²) >= 11 is 6.30. The lowest BCUT2D eigenvalue weighted by atomic mass is 10.2. The molecule has 0 spiro atoms. The molecule has 3 heterocycles. The Hall–Kier alpha value is -3.32. The van der Waals surface area contributed by atoms with Gasteiger partial charge in [0.1, 0.15) is 17.6 Å². The van der Waals surface area contributed by atoms with Gasteiger partial charge in [-0.15, -0.1) is 0 Å². The molecule has 0 unspecified atom stereocenters. The summed E-state index contributed by atoms with van der Waals surface area (Å²) in [6, 6.07) is 13.7. The molecule has 1 saturated heterocycles. The third-order valence-corrected chi connectivity index (χ3v) is 6.18. The largest absolute Gasteiger partial charge is 0.367 e. The van der Waals surface area contributed by atoms with E-state index >= 15 is 0 Å². The van der Waals surface area contributed by atoms with Gasteiger partial charge in [0.2, 0.25) is 5.91 Å². The molecule has 4 aromatic rings. The number of nitrogens with one attached hydrogen (secondary N) is 1. The van der Waals surface area contributed by atoms with Crippen molar-refractivity contribution >= 4 is 45.1 Å². The third-order valence-electron chi connectivity index (χ3n) is 5.86. The van der Waals surface area contributed by atoms with Crippen LogP contribution >= 0.6 is 11.6 Å². The first-order valence-corrected chi connectivity index (χ1v) is 10.6. The number of halogens is 1. The van der Waals surface area contributed by atoms with Gasteiger partial charge >= 0.3 is 0 Å². The molecule has 0 radical (unpaired) electrons. The van der Waals surface area contributed by atoms with E-state index in [1.165, 1.54) is 10.9 Å². The maximum atomic E-state index is 13.0. The van der Waals surface area contributed by atoms with Gasteiger partial charge in [-0.3, -0.25) is 14.2 Å². The van der Waals surface area contributed by atoms with Crippen molar-refractivity contribution in [2.24, 2.45) is 0 Å². The van der Waals surface area contributed by atoms with E-state index in [1.54, 1.807) is 4.90 Å². The standard InChI is InChI=1S/C23H22ClN5O2/c1-15-6-7-18-16(12-15)21-22(26-18)23(31)29(14-25-21)13-20(30)28-10-8-27(9-11-28)19-5-3-2-4-17(19)24/h2-7,12,14,26H,8-11,13H2,1H3. The van der Waals surface area contributed by atoms with E-state index in [1.807, 2.05) is 49.4 Å². The summed E-state index contributed by atoms with van der Waals surface area (Å²) in [6.45, 7) is 4.54. The molecule has 2 aromatic carbocycles. The summed E-state index contributed by atoms with van der Waals surface area (Å²) in [4.78, 5) is 37.4. The van der Waals surface area contributed by atoms with Crippen LogP contribution in [0.2, 0.25) is 5.02 Å². The van der Waals surface area contributed by atoms with Crippen molar-refractivity contribution in [2.45, 2.75) is 13.5 Å². The van der Waals surface area contributed by atoms with E-state index in [4.69, 9.17) is 11.6 Å². The Morgan fingerprint density at radius 2 is 1.90 bits per heavy atom. The normalized spacial score (nSPS) is 14.5. The lowest BCUT2D eigenvalue weighted by Gasteiger charge is -2.36.